The van der Waals surface area contributed by atoms with Gasteiger partial charge in [0.25, 0.3) is 12.0 Å². The number of hydrogen-bond donors (Lipinski definition) is 0. The van der Waals surface area contributed by atoms with E-state index in [4.69, 9.17) is 0 Å². The van der Waals surface area contributed by atoms with E-state index in [1.807, 2.05) is 0 Å². The maximum Gasteiger partial charge on any atom is 0.291 e. The molecule has 6 heteroatoms. The van der Waals surface area contributed by atoms with E-state index in [-0.39, 0.29) is 0 Å². The van der Waals surface area contributed by atoms with Crippen molar-refractivity contribution in [3.05, 3.63) is 35.5 Å². The first kappa shape index (κ1) is 8.98. The molecular formula is C8HF5O. The molecule has 0 amide bonds. The lowest BCUT2D eigenvalue weighted by Crippen LogP contribution is -1.91. The fourth-order valence-corrected chi connectivity index (χ4v) is 1.13. The second-order valence-electron chi connectivity index (χ2n) is 2.56. The van der Waals surface area contributed by atoms with E-state index in [0.717, 1.165) is 0 Å². The van der Waals surface area contributed by atoms with Crippen LogP contribution in [0.2, 0.25) is 0 Å². The molecule has 1 aromatic carbocycles. The van der Waals surface area contributed by atoms with Crippen LogP contribution in [0.5, 0.6) is 0 Å². The molecule has 0 aliphatic rings. The maximum absolute atomic E-state index is 12.9. The van der Waals surface area contributed by atoms with Crippen LogP contribution in [0, 0.1) is 29.5 Å². The van der Waals surface area contributed by atoms with Crippen molar-refractivity contribution in [2.75, 3.05) is 0 Å². The van der Waals surface area contributed by atoms with Crippen LogP contribution in [-0.2, 0) is 0 Å². The van der Waals surface area contributed by atoms with Crippen LogP contribution in [0.3, 0.4) is 0 Å². The van der Waals surface area contributed by atoms with Gasteiger partial charge in [0.1, 0.15) is 5.39 Å². The highest BCUT2D eigenvalue weighted by Gasteiger charge is 2.22. The highest BCUT2D eigenvalue weighted by molar-refractivity contribution is 5.83. The van der Waals surface area contributed by atoms with Gasteiger partial charge in [0.15, 0.2) is 17.5 Å². The number of benzene rings is 1. The topological polar surface area (TPSA) is 13.1 Å². The Hall–Kier alpha value is -1.59. The van der Waals surface area contributed by atoms with Gasteiger partial charge in [0.05, 0.1) is 5.39 Å². The Kier molecular flexibility index (Phi) is 1.73. The van der Waals surface area contributed by atoms with Crippen LogP contribution in [0.1, 0.15) is 0 Å². The monoisotopic (exact) mass is 208 g/mol. The van der Waals surface area contributed by atoms with Gasteiger partial charge in [0, 0.05) is 0 Å². The summed E-state index contributed by atoms with van der Waals surface area (Å²) in [5.41, 5.74) is 0. The largest absolute Gasteiger partial charge is 0.403 e. The van der Waals surface area contributed by atoms with Crippen molar-refractivity contribution < 1.29 is 26.4 Å². The lowest BCUT2D eigenvalue weighted by molar-refractivity contribution is 0.272. The van der Waals surface area contributed by atoms with E-state index >= 15 is 0 Å². The lowest BCUT2D eigenvalue weighted by atomic mass is 10.2. The van der Waals surface area contributed by atoms with Crippen LogP contribution < -0.4 is 0 Å². The van der Waals surface area contributed by atoms with Gasteiger partial charge in [-0.15, -0.1) is 0 Å². The Morgan fingerprint density at radius 3 is 2.14 bits per heavy atom. The van der Waals surface area contributed by atoms with E-state index in [1.54, 1.807) is 0 Å². The van der Waals surface area contributed by atoms with Crippen molar-refractivity contribution in [3.63, 3.8) is 0 Å². The Bertz CT molecular complexity index is 516. The van der Waals surface area contributed by atoms with Crippen molar-refractivity contribution in [2.24, 2.45) is 0 Å². The van der Waals surface area contributed by atoms with Gasteiger partial charge >= 0.3 is 0 Å². The Balaban J connectivity index is 3.01. The van der Waals surface area contributed by atoms with E-state index < -0.39 is 40.3 Å². The highest BCUT2D eigenvalue weighted by Crippen LogP contribution is 2.29. The summed E-state index contributed by atoms with van der Waals surface area (Å²) in [5, 5.41) is -1.79. The summed E-state index contributed by atoms with van der Waals surface area (Å²) >= 11 is 0. The predicted molar refractivity (Wildman–Crippen MR) is 36.0 cm³/mol. The fourth-order valence-electron chi connectivity index (χ4n) is 1.13. The van der Waals surface area contributed by atoms with Gasteiger partial charge in [0.2, 0.25) is 0 Å². The molecule has 14 heavy (non-hydrogen) atoms. The Morgan fingerprint density at radius 2 is 1.50 bits per heavy atom. The molecule has 0 spiro atoms. The first-order valence-electron chi connectivity index (χ1n) is 3.43. The summed E-state index contributed by atoms with van der Waals surface area (Å²) in [6.45, 7) is 0. The van der Waals surface area contributed by atoms with Crippen LogP contribution in [-0.4, -0.2) is 0 Å². The van der Waals surface area contributed by atoms with E-state index in [9.17, 15) is 22.0 Å². The minimum atomic E-state index is -1.86. The molecule has 0 saturated heterocycles. The van der Waals surface area contributed by atoms with Gasteiger partial charge in [-0.25, -0.2) is 13.2 Å². The van der Waals surface area contributed by atoms with Crippen molar-refractivity contribution in [1.82, 2.24) is 0 Å². The molecule has 0 saturated carbocycles. The van der Waals surface area contributed by atoms with Crippen molar-refractivity contribution >= 4 is 10.8 Å². The van der Waals surface area contributed by atoms with Crippen molar-refractivity contribution in [2.45, 2.75) is 0 Å². The summed E-state index contributed by atoms with van der Waals surface area (Å²) in [5.74, 6) is -5.27. The van der Waals surface area contributed by atoms with Crippen LogP contribution in [0.4, 0.5) is 22.0 Å². The molecule has 74 valence electrons. The number of furan rings is 1. The van der Waals surface area contributed by atoms with Crippen LogP contribution >= 0.6 is 0 Å². The van der Waals surface area contributed by atoms with Gasteiger partial charge in [-0.1, -0.05) is 0 Å². The minimum Gasteiger partial charge on any atom is -0.403 e. The average Bonchev–Trinajstić information content (AvgIpc) is 2.38. The molecule has 0 N–H and O–H groups in total. The number of halogens is 5. The van der Waals surface area contributed by atoms with Gasteiger partial charge in [-0.05, 0) is 6.07 Å². The van der Waals surface area contributed by atoms with E-state index in [1.165, 1.54) is 0 Å². The van der Waals surface area contributed by atoms with Crippen LogP contribution in [0.25, 0.3) is 10.8 Å². The Morgan fingerprint density at radius 1 is 0.857 bits per heavy atom. The van der Waals surface area contributed by atoms with Gasteiger partial charge in [-0.2, -0.15) is 8.78 Å². The third-order valence-corrected chi connectivity index (χ3v) is 1.75. The zero-order valence-corrected chi connectivity index (χ0v) is 6.38. The van der Waals surface area contributed by atoms with Gasteiger partial charge < -0.3 is 4.42 Å². The first-order chi connectivity index (χ1) is 6.52. The molecule has 0 aliphatic carbocycles. The first-order valence-corrected chi connectivity index (χ1v) is 3.43. The predicted octanol–water partition coefficient (Wildman–Crippen LogP) is 3.13. The molecule has 0 aliphatic heterocycles. The molecule has 0 unspecified atom stereocenters. The number of rotatable bonds is 0. The molecule has 0 bridgehead atoms. The molecule has 1 heterocycles. The van der Waals surface area contributed by atoms with E-state index in [0.29, 0.717) is 6.07 Å². The summed E-state index contributed by atoms with van der Waals surface area (Å²) < 4.78 is 67.0. The molecule has 2 aromatic rings. The minimum absolute atomic E-state index is 0.329. The molecule has 1 aromatic heterocycles. The molecule has 2 rings (SSSR count). The van der Waals surface area contributed by atoms with Crippen molar-refractivity contribution in [3.8, 4) is 0 Å². The second-order valence-corrected chi connectivity index (χ2v) is 2.56. The third kappa shape index (κ3) is 0.997. The zero-order chi connectivity index (χ0) is 10.5. The standard InChI is InChI=1S/C8HF5O/c9-3-1-2-4(6(11)5(3)10)8(13)14-7(2)12/h1H. The number of hydrogen-bond acceptors (Lipinski definition) is 1. The summed E-state index contributed by atoms with van der Waals surface area (Å²) in [6.07, 6.45) is 0. The average molecular weight is 208 g/mol. The fraction of sp³-hybridized carbons (Fsp3) is 0. The van der Waals surface area contributed by atoms with E-state index in [2.05, 4.69) is 4.42 Å². The molecule has 0 atom stereocenters. The molecule has 1 nitrogen and oxygen atoms in total. The highest BCUT2D eigenvalue weighted by atomic mass is 19.2. The maximum atomic E-state index is 12.9. The summed E-state index contributed by atoms with van der Waals surface area (Å²) in [6, 6.07) is -2.78. The van der Waals surface area contributed by atoms with Crippen LogP contribution in [0.15, 0.2) is 10.5 Å². The zero-order valence-electron chi connectivity index (χ0n) is 6.38. The number of fused-ring (bicyclic) bond motifs is 1. The second kappa shape index (κ2) is 2.70. The quantitative estimate of drug-likeness (QED) is 0.478. The van der Waals surface area contributed by atoms with Crippen molar-refractivity contribution in [1.29, 1.82) is 0 Å². The summed E-state index contributed by atoms with van der Waals surface area (Å²) in [4.78, 5) is 0. The lowest BCUT2D eigenvalue weighted by Gasteiger charge is -1.95. The molecule has 0 radical (unpaired) electrons. The SMILES string of the molecule is Fc1cc2c(F)oc(F)c2c(F)c1F. The smallest absolute Gasteiger partial charge is 0.291 e. The Labute approximate surface area is 73.7 Å². The molecular weight excluding hydrogens is 207 g/mol. The van der Waals surface area contributed by atoms with Gasteiger partial charge in [-0.3, -0.25) is 0 Å². The normalized spacial score (nSPS) is 11.2. The summed E-state index contributed by atoms with van der Waals surface area (Å²) in [7, 11) is 0. The third-order valence-electron chi connectivity index (χ3n) is 1.75. The molecule has 0 fully saturated rings.